The lowest BCUT2D eigenvalue weighted by Crippen LogP contribution is -2.00. The predicted octanol–water partition coefficient (Wildman–Crippen LogP) is 4.47. The number of fused-ring (bicyclic) bond motifs is 1. The number of hydrogen-bond acceptors (Lipinski definition) is 2. The molecule has 0 unspecified atom stereocenters. The molecule has 0 aliphatic rings. The van der Waals surface area contributed by atoms with Crippen LogP contribution in [-0.4, -0.2) is 12.4 Å². The minimum atomic E-state index is 0.519. The van der Waals surface area contributed by atoms with Crippen molar-refractivity contribution in [3.8, 4) is 5.75 Å². The van der Waals surface area contributed by atoms with Crippen LogP contribution >= 0.6 is 28.6 Å². The van der Waals surface area contributed by atoms with Crippen LogP contribution in [0.2, 0.25) is 0 Å². The zero-order chi connectivity index (χ0) is 12.3. The second kappa shape index (κ2) is 5.61. The molecule has 0 atom stereocenters. The molecule has 88 valence electrons. The highest BCUT2D eigenvalue weighted by molar-refractivity contribution is 9.10. The van der Waals surface area contributed by atoms with Gasteiger partial charge in [0.05, 0.1) is 0 Å². The fourth-order valence-corrected chi connectivity index (χ4v) is 1.99. The molecule has 2 aromatic rings. The lowest BCUT2D eigenvalue weighted by atomic mass is 10.1. The highest BCUT2D eigenvalue weighted by Gasteiger charge is 1.99. The van der Waals surface area contributed by atoms with E-state index < -0.39 is 0 Å². The van der Waals surface area contributed by atoms with E-state index >= 15 is 0 Å². The summed E-state index contributed by atoms with van der Waals surface area (Å²) in [5.41, 5.74) is 0.976. The fourth-order valence-electron chi connectivity index (χ4n) is 1.52. The molecule has 3 heteroatoms. The van der Waals surface area contributed by atoms with Gasteiger partial charge >= 0.3 is 0 Å². The Balaban J connectivity index is 2.20. The van der Waals surface area contributed by atoms with Crippen molar-refractivity contribution in [3.05, 3.63) is 53.0 Å². The molecule has 0 saturated heterocycles. The third kappa shape index (κ3) is 3.27. The van der Waals surface area contributed by atoms with Crippen molar-refractivity contribution in [2.24, 2.45) is 0 Å². The Kier molecular flexibility index (Phi) is 4.13. The zero-order valence-corrected chi connectivity index (χ0v) is 11.8. The van der Waals surface area contributed by atoms with Crippen LogP contribution < -0.4 is 4.74 Å². The van der Waals surface area contributed by atoms with Gasteiger partial charge in [-0.2, -0.15) is 12.6 Å². The van der Waals surface area contributed by atoms with Crippen LogP contribution in [0.15, 0.2) is 53.0 Å². The van der Waals surface area contributed by atoms with Gasteiger partial charge in [0.25, 0.3) is 0 Å². The Morgan fingerprint density at radius 2 is 1.88 bits per heavy atom. The van der Waals surface area contributed by atoms with E-state index in [-0.39, 0.29) is 0 Å². The first-order valence-electron chi connectivity index (χ1n) is 5.28. The average Bonchev–Trinajstić information content (AvgIpc) is 2.35. The van der Waals surface area contributed by atoms with Gasteiger partial charge in [-0.3, -0.25) is 0 Å². The summed E-state index contributed by atoms with van der Waals surface area (Å²) in [6, 6.07) is 12.2. The van der Waals surface area contributed by atoms with Gasteiger partial charge in [-0.15, -0.1) is 0 Å². The Bertz CT molecular complexity index is 551. The minimum Gasteiger partial charge on any atom is -0.489 e. The summed E-state index contributed by atoms with van der Waals surface area (Å²) in [5.74, 6) is 1.52. The quantitative estimate of drug-likeness (QED) is 0.648. The van der Waals surface area contributed by atoms with Gasteiger partial charge in [0.1, 0.15) is 12.4 Å². The van der Waals surface area contributed by atoms with E-state index in [0.29, 0.717) is 12.4 Å². The summed E-state index contributed by atoms with van der Waals surface area (Å²) >= 11 is 7.61. The normalized spacial score (nSPS) is 10.5. The summed E-state index contributed by atoms with van der Waals surface area (Å²) in [7, 11) is 0. The second-order valence-electron chi connectivity index (χ2n) is 3.85. The lowest BCUT2D eigenvalue weighted by Gasteiger charge is -2.08. The molecule has 0 saturated carbocycles. The van der Waals surface area contributed by atoms with Crippen LogP contribution in [0.5, 0.6) is 5.75 Å². The Hall–Kier alpha value is -0.930. The van der Waals surface area contributed by atoms with Gasteiger partial charge in [-0.1, -0.05) is 34.6 Å². The van der Waals surface area contributed by atoms with Crippen LogP contribution in [-0.2, 0) is 0 Å². The number of hydrogen-bond donors (Lipinski definition) is 1. The van der Waals surface area contributed by atoms with E-state index in [1.54, 1.807) is 0 Å². The number of thiol groups is 1. The summed E-state index contributed by atoms with van der Waals surface area (Å²) in [4.78, 5) is 0. The zero-order valence-electron chi connectivity index (χ0n) is 9.32. The monoisotopic (exact) mass is 308 g/mol. The van der Waals surface area contributed by atoms with Crippen molar-refractivity contribution in [3.63, 3.8) is 0 Å². The van der Waals surface area contributed by atoms with Gasteiger partial charge in [0.15, 0.2) is 0 Å². The summed E-state index contributed by atoms with van der Waals surface area (Å²) in [6.07, 6.45) is 0. The molecule has 17 heavy (non-hydrogen) atoms. The molecule has 0 bridgehead atoms. The van der Waals surface area contributed by atoms with Crippen LogP contribution in [0.1, 0.15) is 0 Å². The van der Waals surface area contributed by atoms with Gasteiger partial charge < -0.3 is 4.74 Å². The standard InChI is InChI=1S/C14H13BrOS/c1-10(9-17)8-16-14-5-3-11-6-13(15)4-2-12(11)7-14/h2-7,17H,1,8-9H2. The molecule has 0 N–H and O–H groups in total. The van der Waals surface area contributed by atoms with Crippen molar-refractivity contribution >= 4 is 39.3 Å². The molecule has 0 amide bonds. The van der Waals surface area contributed by atoms with Gasteiger partial charge in [0.2, 0.25) is 0 Å². The first kappa shape index (κ1) is 12.5. The van der Waals surface area contributed by atoms with E-state index in [4.69, 9.17) is 4.74 Å². The summed E-state index contributed by atoms with van der Waals surface area (Å²) in [6.45, 7) is 4.37. The van der Waals surface area contributed by atoms with E-state index in [1.807, 2.05) is 18.2 Å². The van der Waals surface area contributed by atoms with Gasteiger partial charge in [0, 0.05) is 10.2 Å². The number of ether oxygens (including phenoxy) is 1. The molecule has 0 aliphatic heterocycles. The van der Waals surface area contributed by atoms with E-state index in [9.17, 15) is 0 Å². The SMILES string of the molecule is C=C(CS)COc1ccc2cc(Br)ccc2c1. The highest BCUT2D eigenvalue weighted by atomic mass is 79.9. The fraction of sp³-hybridized carbons (Fsp3) is 0.143. The Morgan fingerprint density at radius 1 is 1.18 bits per heavy atom. The molecule has 0 heterocycles. The third-order valence-corrected chi connectivity index (χ3v) is 3.38. The van der Waals surface area contributed by atoms with Crippen LogP contribution in [0.3, 0.4) is 0 Å². The minimum absolute atomic E-state index is 0.519. The molecule has 0 aromatic heterocycles. The van der Waals surface area contributed by atoms with E-state index in [1.165, 1.54) is 10.8 Å². The number of benzene rings is 2. The Morgan fingerprint density at radius 3 is 2.65 bits per heavy atom. The van der Waals surface area contributed by atoms with Crippen LogP contribution in [0, 0.1) is 0 Å². The topological polar surface area (TPSA) is 9.23 Å². The maximum atomic E-state index is 5.64. The predicted molar refractivity (Wildman–Crippen MR) is 80.1 cm³/mol. The first-order valence-corrected chi connectivity index (χ1v) is 6.71. The lowest BCUT2D eigenvalue weighted by molar-refractivity contribution is 0.354. The van der Waals surface area contributed by atoms with Gasteiger partial charge in [-0.25, -0.2) is 0 Å². The maximum Gasteiger partial charge on any atom is 0.120 e. The first-order chi connectivity index (χ1) is 8.19. The number of rotatable bonds is 4. The van der Waals surface area contributed by atoms with E-state index in [2.05, 4.69) is 53.3 Å². The summed E-state index contributed by atoms with van der Waals surface area (Å²) < 4.78 is 6.72. The van der Waals surface area contributed by atoms with Crippen molar-refractivity contribution in [2.75, 3.05) is 12.4 Å². The largest absolute Gasteiger partial charge is 0.489 e. The van der Waals surface area contributed by atoms with Crippen molar-refractivity contribution in [2.45, 2.75) is 0 Å². The van der Waals surface area contributed by atoms with Crippen molar-refractivity contribution < 1.29 is 4.74 Å². The van der Waals surface area contributed by atoms with Crippen LogP contribution in [0.25, 0.3) is 10.8 Å². The molecule has 0 spiro atoms. The molecule has 0 aliphatic carbocycles. The average molecular weight is 309 g/mol. The smallest absolute Gasteiger partial charge is 0.120 e. The molecule has 2 aromatic carbocycles. The molecular weight excluding hydrogens is 296 g/mol. The molecule has 0 fully saturated rings. The van der Waals surface area contributed by atoms with Crippen molar-refractivity contribution in [1.82, 2.24) is 0 Å². The number of halogens is 1. The molecule has 1 nitrogen and oxygen atoms in total. The molecular formula is C14H13BrOS. The maximum absolute atomic E-state index is 5.64. The van der Waals surface area contributed by atoms with Crippen LogP contribution in [0.4, 0.5) is 0 Å². The molecule has 0 radical (unpaired) electrons. The summed E-state index contributed by atoms with van der Waals surface area (Å²) in [5, 5.41) is 2.36. The third-order valence-electron chi connectivity index (χ3n) is 2.44. The van der Waals surface area contributed by atoms with E-state index in [0.717, 1.165) is 15.8 Å². The second-order valence-corrected chi connectivity index (χ2v) is 5.08. The highest BCUT2D eigenvalue weighted by Crippen LogP contribution is 2.24. The Labute approximate surface area is 115 Å². The van der Waals surface area contributed by atoms with Crippen molar-refractivity contribution in [1.29, 1.82) is 0 Å². The molecule has 2 rings (SSSR count). The van der Waals surface area contributed by atoms with Gasteiger partial charge in [-0.05, 0) is 40.6 Å².